The lowest BCUT2D eigenvalue weighted by Crippen LogP contribution is -2.50. The maximum Gasteiger partial charge on any atom is 0.250 e. The number of hydrogen-bond donors (Lipinski definition) is 0. The molecule has 2 saturated heterocycles. The van der Waals surface area contributed by atoms with Crippen molar-refractivity contribution in [3.05, 3.63) is 70.1 Å². The molecule has 2 bridgehead atoms. The van der Waals surface area contributed by atoms with E-state index in [2.05, 4.69) is 0 Å². The second-order valence-corrected chi connectivity index (χ2v) is 8.60. The zero-order valence-electron chi connectivity index (χ0n) is 16.4. The highest BCUT2D eigenvalue weighted by Crippen LogP contribution is 2.36. The summed E-state index contributed by atoms with van der Waals surface area (Å²) >= 11 is 0. The van der Waals surface area contributed by atoms with Crippen molar-refractivity contribution in [1.82, 2.24) is 14.4 Å². The van der Waals surface area contributed by atoms with Gasteiger partial charge in [0, 0.05) is 56.8 Å². The fourth-order valence-electron chi connectivity index (χ4n) is 5.23. The second kappa shape index (κ2) is 7.17. The summed E-state index contributed by atoms with van der Waals surface area (Å²) in [5.74, 6) is 0.403. The van der Waals surface area contributed by atoms with Gasteiger partial charge in [-0.05, 0) is 24.0 Å². The van der Waals surface area contributed by atoms with Crippen LogP contribution >= 0.6 is 0 Å². The van der Waals surface area contributed by atoms with E-state index in [1.54, 1.807) is 11.0 Å². The van der Waals surface area contributed by atoms with Gasteiger partial charge in [0.05, 0.1) is 5.92 Å². The molecule has 1 aromatic heterocycles. The molecule has 2 amide bonds. The first-order valence-corrected chi connectivity index (χ1v) is 10.4. The van der Waals surface area contributed by atoms with Gasteiger partial charge in [-0.25, -0.2) is 0 Å². The first kappa shape index (κ1) is 18.2. The number of rotatable bonds is 3. The molecule has 3 aliphatic rings. The molecule has 29 heavy (non-hydrogen) atoms. The Morgan fingerprint density at radius 1 is 0.931 bits per heavy atom. The molecular formula is C23H25N3O3. The van der Waals surface area contributed by atoms with Crippen molar-refractivity contribution < 1.29 is 9.59 Å². The number of likely N-dealkylation sites (tertiary alicyclic amines) is 2. The summed E-state index contributed by atoms with van der Waals surface area (Å²) in [6.45, 7) is 3.06. The zero-order chi connectivity index (χ0) is 20.0. The first-order chi connectivity index (χ1) is 14.1. The van der Waals surface area contributed by atoms with Crippen LogP contribution in [0, 0.1) is 11.8 Å². The average Bonchev–Trinajstić information content (AvgIpc) is 3.09. The number of piperidine rings is 1. The van der Waals surface area contributed by atoms with Crippen molar-refractivity contribution in [3.8, 4) is 0 Å². The van der Waals surface area contributed by atoms with Gasteiger partial charge in [-0.3, -0.25) is 14.4 Å². The lowest BCUT2D eigenvalue weighted by Gasteiger charge is -2.43. The monoisotopic (exact) mass is 391 g/mol. The number of aromatic nitrogens is 1. The summed E-state index contributed by atoms with van der Waals surface area (Å²) in [4.78, 5) is 41.7. The molecule has 0 aliphatic carbocycles. The van der Waals surface area contributed by atoms with Crippen LogP contribution in [0.5, 0.6) is 0 Å². The fourth-order valence-corrected chi connectivity index (χ4v) is 5.23. The molecule has 150 valence electrons. The molecule has 6 heteroatoms. The lowest BCUT2D eigenvalue weighted by molar-refractivity contribution is -0.138. The predicted molar refractivity (Wildman–Crippen MR) is 108 cm³/mol. The minimum absolute atomic E-state index is 0.0509. The van der Waals surface area contributed by atoms with Crippen molar-refractivity contribution in [2.45, 2.75) is 31.8 Å². The predicted octanol–water partition coefficient (Wildman–Crippen LogP) is 1.84. The van der Waals surface area contributed by atoms with Gasteiger partial charge in [-0.15, -0.1) is 0 Å². The average molecular weight is 391 g/mol. The van der Waals surface area contributed by atoms with E-state index in [-0.39, 0.29) is 29.2 Å². The van der Waals surface area contributed by atoms with Crippen molar-refractivity contribution >= 4 is 11.8 Å². The smallest absolute Gasteiger partial charge is 0.250 e. The molecule has 1 aromatic carbocycles. The van der Waals surface area contributed by atoms with E-state index in [9.17, 15) is 14.4 Å². The highest BCUT2D eigenvalue weighted by atomic mass is 16.2. The van der Waals surface area contributed by atoms with E-state index < -0.39 is 0 Å². The Hall–Kier alpha value is -2.89. The van der Waals surface area contributed by atoms with Crippen LogP contribution in [0.4, 0.5) is 0 Å². The van der Waals surface area contributed by atoms with E-state index in [1.165, 1.54) is 0 Å². The number of benzene rings is 1. The number of carbonyl (C=O) groups excluding carboxylic acids is 2. The third-order valence-electron chi connectivity index (χ3n) is 6.57. The summed E-state index contributed by atoms with van der Waals surface area (Å²) in [5.41, 5.74) is 2.18. The lowest BCUT2D eigenvalue weighted by atomic mass is 9.82. The van der Waals surface area contributed by atoms with Crippen molar-refractivity contribution in [2.75, 3.05) is 19.6 Å². The molecule has 3 atom stereocenters. The molecular weight excluding hydrogens is 366 g/mol. The van der Waals surface area contributed by atoms with Crippen LogP contribution in [-0.4, -0.2) is 45.8 Å². The summed E-state index contributed by atoms with van der Waals surface area (Å²) in [6, 6.07) is 15.3. The molecule has 0 saturated carbocycles. The highest BCUT2D eigenvalue weighted by Gasteiger charge is 2.41. The van der Waals surface area contributed by atoms with E-state index >= 15 is 0 Å². The van der Waals surface area contributed by atoms with Gasteiger partial charge in [0.15, 0.2) is 0 Å². The van der Waals surface area contributed by atoms with Crippen LogP contribution in [0.3, 0.4) is 0 Å². The van der Waals surface area contributed by atoms with Gasteiger partial charge in [0.1, 0.15) is 0 Å². The van der Waals surface area contributed by atoms with Crippen molar-refractivity contribution in [3.63, 3.8) is 0 Å². The maximum atomic E-state index is 13.2. The van der Waals surface area contributed by atoms with Crippen LogP contribution in [-0.2, 0) is 22.7 Å². The van der Waals surface area contributed by atoms with E-state index in [0.717, 1.165) is 17.7 Å². The number of hydrogen-bond acceptors (Lipinski definition) is 3. The van der Waals surface area contributed by atoms with Crippen LogP contribution in [0.2, 0.25) is 0 Å². The number of carbonyl (C=O) groups is 2. The van der Waals surface area contributed by atoms with Gasteiger partial charge in [0.25, 0.3) is 5.56 Å². The molecule has 0 spiro atoms. The third kappa shape index (κ3) is 3.37. The Balaban J connectivity index is 1.28. The topological polar surface area (TPSA) is 62.6 Å². The maximum absolute atomic E-state index is 13.2. The molecule has 0 N–H and O–H groups in total. The second-order valence-electron chi connectivity index (χ2n) is 8.60. The van der Waals surface area contributed by atoms with E-state index in [1.807, 2.05) is 51.9 Å². The standard InChI is InChI=1S/C23H25N3O3/c27-21-8-4-7-20-18-9-17(13-26(20)21)12-25(14-18)23(29)19-10-22(28)24(15-19)11-16-5-2-1-3-6-16/h1-8,17-19H,9-15H2/t17-,18-,19+/m1/s1. The fraction of sp³-hybridized carbons (Fsp3) is 0.435. The quantitative estimate of drug-likeness (QED) is 0.802. The molecule has 2 aromatic rings. The molecule has 3 aliphatic heterocycles. The summed E-state index contributed by atoms with van der Waals surface area (Å²) in [6.07, 6.45) is 1.32. The zero-order valence-corrected chi connectivity index (χ0v) is 16.4. The van der Waals surface area contributed by atoms with E-state index in [0.29, 0.717) is 45.1 Å². The number of nitrogens with zero attached hydrogens (tertiary/aromatic N) is 3. The van der Waals surface area contributed by atoms with Crippen LogP contribution in [0.1, 0.15) is 30.0 Å². The summed E-state index contributed by atoms with van der Waals surface area (Å²) in [7, 11) is 0. The summed E-state index contributed by atoms with van der Waals surface area (Å²) in [5, 5.41) is 0. The molecule has 0 radical (unpaired) electrons. The third-order valence-corrected chi connectivity index (χ3v) is 6.57. The number of pyridine rings is 1. The molecule has 5 rings (SSSR count). The Morgan fingerprint density at radius 2 is 1.76 bits per heavy atom. The SMILES string of the molecule is O=C1C[C@H](C(=O)N2C[C@H]3C[C@H](C2)c2cccc(=O)n2C3)CN1Cc1ccccc1. The highest BCUT2D eigenvalue weighted by molar-refractivity contribution is 5.89. The Morgan fingerprint density at radius 3 is 2.59 bits per heavy atom. The van der Waals surface area contributed by atoms with Gasteiger partial charge >= 0.3 is 0 Å². The van der Waals surface area contributed by atoms with Crippen LogP contribution < -0.4 is 5.56 Å². The summed E-state index contributed by atoms with van der Waals surface area (Å²) < 4.78 is 1.88. The van der Waals surface area contributed by atoms with E-state index in [4.69, 9.17) is 0 Å². The van der Waals surface area contributed by atoms with Gasteiger partial charge < -0.3 is 14.4 Å². The van der Waals surface area contributed by atoms with Gasteiger partial charge in [0.2, 0.25) is 11.8 Å². The molecule has 2 fully saturated rings. The Kier molecular flexibility index (Phi) is 4.49. The van der Waals surface area contributed by atoms with Gasteiger partial charge in [-0.2, -0.15) is 0 Å². The van der Waals surface area contributed by atoms with Crippen molar-refractivity contribution in [2.24, 2.45) is 11.8 Å². The molecule has 4 heterocycles. The largest absolute Gasteiger partial charge is 0.341 e. The van der Waals surface area contributed by atoms with Crippen LogP contribution in [0.25, 0.3) is 0 Å². The normalized spacial score (nSPS) is 25.8. The van der Waals surface area contributed by atoms with Crippen LogP contribution in [0.15, 0.2) is 53.3 Å². The first-order valence-electron chi connectivity index (χ1n) is 10.4. The molecule has 0 unspecified atom stereocenters. The minimum Gasteiger partial charge on any atom is -0.341 e. The Labute approximate surface area is 169 Å². The number of amides is 2. The van der Waals surface area contributed by atoms with Gasteiger partial charge in [-0.1, -0.05) is 36.4 Å². The minimum atomic E-state index is -0.261. The van der Waals surface area contributed by atoms with Crippen molar-refractivity contribution in [1.29, 1.82) is 0 Å². The number of fused-ring (bicyclic) bond motifs is 4. The molecule has 6 nitrogen and oxygen atoms in total. The Bertz CT molecular complexity index is 1000.